The lowest BCUT2D eigenvalue weighted by molar-refractivity contribution is 1.05. The SMILES string of the molecule is c1ccc(-c2ccc(-c3ccc(-c4nc(-c5ccccc5)cc(-n5c6ccccc6c6ccc7c(c8ccccc8n7-c7ccccc7)c65)n4)cc3)cc2)cc1. The summed E-state index contributed by atoms with van der Waals surface area (Å²) < 4.78 is 4.73. The van der Waals surface area contributed by atoms with E-state index in [2.05, 4.69) is 209 Å². The highest BCUT2D eigenvalue weighted by atomic mass is 15.1. The fourth-order valence-electron chi connectivity index (χ4n) is 8.33. The van der Waals surface area contributed by atoms with Gasteiger partial charge >= 0.3 is 0 Å². The highest BCUT2D eigenvalue weighted by Gasteiger charge is 2.22. The Balaban J connectivity index is 1.12. The van der Waals surface area contributed by atoms with Gasteiger partial charge in [0.2, 0.25) is 0 Å². The Labute approximate surface area is 324 Å². The van der Waals surface area contributed by atoms with E-state index >= 15 is 0 Å². The Kier molecular flexibility index (Phi) is 7.46. The summed E-state index contributed by atoms with van der Waals surface area (Å²) >= 11 is 0. The van der Waals surface area contributed by atoms with Crippen molar-refractivity contribution in [2.75, 3.05) is 0 Å². The number of fused-ring (bicyclic) bond motifs is 7. The van der Waals surface area contributed by atoms with Gasteiger partial charge in [-0.05, 0) is 52.6 Å². The van der Waals surface area contributed by atoms with Crippen molar-refractivity contribution >= 4 is 43.6 Å². The van der Waals surface area contributed by atoms with Gasteiger partial charge in [0.05, 0.1) is 27.8 Å². The third-order valence-electron chi connectivity index (χ3n) is 11.0. The molecule has 0 aliphatic carbocycles. The summed E-state index contributed by atoms with van der Waals surface area (Å²) in [5.74, 6) is 1.50. The summed E-state index contributed by atoms with van der Waals surface area (Å²) in [5, 5.41) is 4.77. The van der Waals surface area contributed by atoms with Crippen LogP contribution in [0.15, 0.2) is 206 Å². The van der Waals surface area contributed by atoms with Gasteiger partial charge in [-0.1, -0.05) is 170 Å². The first-order valence-corrected chi connectivity index (χ1v) is 19.0. The topological polar surface area (TPSA) is 35.6 Å². The molecule has 0 saturated heterocycles. The van der Waals surface area contributed by atoms with Gasteiger partial charge in [-0.25, -0.2) is 9.97 Å². The van der Waals surface area contributed by atoms with Crippen molar-refractivity contribution in [1.29, 1.82) is 0 Å². The molecule has 0 atom stereocenters. The highest BCUT2D eigenvalue weighted by molar-refractivity contribution is 6.26. The van der Waals surface area contributed by atoms with Crippen LogP contribution < -0.4 is 0 Å². The van der Waals surface area contributed by atoms with E-state index in [1.54, 1.807) is 0 Å². The Morgan fingerprint density at radius 2 is 0.821 bits per heavy atom. The molecule has 0 unspecified atom stereocenters. The second-order valence-electron chi connectivity index (χ2n) is 14.2. The van der Waals surface area contributed by atoms with Gasteiger partial charge in [0.15, 0.2) is 5.82 Å². The average Bonchev–Trinajstić information content (AvgIpc) is 3.80. The third-order valence-corrected chi connectivity index (χ3v) is 11.0. The average molecular weight is 715 g/mol. The largest absolute Gasteiger partial charge is 0.309 e. The van der Waals surface area contributed by atoms with Crippen LogP contribution >= 0.6 is 0 Å². The normalized spacial score (nSPS) is 11.6. The van der Waals surface area contributed by atoms with Crippen molar-refractivity contribution in [3.05, 3.63) is 206 Å². The molecule has 0 aliphatic heterocycles. The van der Waals surface area contributed by atoms with E-state index in [0.717, 1.165) is 50.4 Å². The molecule has 3 heterocycles. The molecular formula is C52H34N4. The van der Waals surface area contributed by atoms with E-state index in [-0.39, 0.29) is 0 Å². The molecular weight excluding hydrogens is 681 g/mol. The number of hydrogen-bond donors (Lipinski definition) is 0. The van der Waals surface area contributed by atoms with Crippen LogP contribution in [0.4, 0.5) is 0 Å². The maximum atomic E-state index is 5.42. The van der Waals surface area contributed by atoms with Gasteiger partial charge in [-0.15, -0.1) is 0 Å². The number of benzene rings is 8. The molecule has 11 rings (SSSR count). The van der Waals surface area contributed by atoms with Gasteiger partial charge in [-0.3, -0.25) is 4.57 Å². The molecule has 11 aromatic rings. The van der Waals surface area contributed by atoms with Crippen LogP contribution in [0.3, 0.4) is 0 Å². The molecule has 8 aromatic carbocycles. The summed E-state index contributed by atoms with van der Waals surface area (Å²) in [6.07, 6.45) is 0. The lowest BCUT2D eigenvalue weighted by atomic mass is 9.99. The molecule has 262 valence electrons. The van der Waals surface area contributed by atoms with Crippen molar-refractivity contribution in [2.24, 2.45) is 0 Å². The fraction of sp³-hybridized carbons (Fsp3) is 0. The van der Waals surface area contributed by atoms with E-state index in [0.29, 0.717) is 5.82 Å². The molecule has 0 saturated carbocycles. The molecule has 0 amide bonds. The van der Waals surface area contributed by atoms with Crippen LogP contribution in [-0.2, 0) is 0 Å². The first kappa shape index (κ1) is 31.9. The van der Waals surface area contributed by atoms with Crippen LogP contribution in [0, 0.1) is 0 Å². The van der Waals surface area contributed by atoms with Gasteiger partial charge < -0.3 is 4.57 Å². The van der Waals surface area contributed by atoms with Crippen molar-refractivity contribution < 1.29 is 0 Å². The first-order valence-electron chi connectivity index (χ1n) is 19.0. The van der Waals surface area contributed by atoms with E-state index in [1.165, 1.54) is 43.8 Å². The van der Waals surface area contributed by atoms with Gasteiger partial charge in [0.1, 0.15) is 5.82 Å². The highest BCUT2D eigenvalue weighted by Crippen LogP contribution is 2.42. The van der Waals surface area contributed by atoms with E-state index in [9.17, 15) is 0 Å². The Bertz CT molecular complexity index is 3200. The lowest BCUT2D eigenvalue weighted by Gasteiger charge is -2.13. The van der Waals surface area contributed by atoms with Gasteiger partial charge in [0.25, 0.3) is 0 Å². The minimum atomic E-state index is 0.678. The predicted molar refractivity (Wildman–Crippen MR) is 232 cm³/mol. The second kappa shape index (κ2) is 13.1. The van der Waals surface area contributed by atoms with Crippen molar-refractivity contribution in [3.63, 3.8) is 0 Å². The quantitative estimate of drug-likeness (QED) is 0.172. The van der Waals surface area contributed by atoms with Crippen LogP contribution in [0.5, 0.6) is 0 Å². The maximum Gasteiger partial charge on any atom is 0.162 e. The first-order chi connectivity index (χ1) is 27.8. The smallest absolute Gasteiger partial charge is 0.162 e. The van der Waals surface area contributed by atoms with Crippen molar-refractivity contribution in [2.45, 2.75) is 0 Å². The van der Waals surface area contributed by atoms with E-state index in [4.69, 9.17) is 9.97 Å². The molecule has 0 N–H and O–H groups in total. The van der Waals surface area contributed by atoms with Crippen LogP contribution in [-0.4, -0.2) is 19.1 Å². The molecule has 3 aromatic heterocycles. The third kappa shape index (κ3) is 5.23. The van der Waals surface area contributed by atoms with Crippen molar-refractivity contribution in [1.82, 2.24) is 19.1 Å². The molecule has 4 nitrogen and oxygen atoms in total. The Morgan fingerprint density at radius 1 is 0.321 bits per heavy atom. The summed E-state index contributed by atoms with van der Waals surface area (Å²) in [6.45, 7) is 0. The summed E-state index contributed by atoms with van der Waals surface area (Å²) in [4.78, 5) is 10.6. The Morgan fingerprint density at radius 3 is 1.46 bits per heavy atom. The predicted octanol–water partition coefficient (Wildman–Crippen LogP) is 13.3. The van der Waals surface area contributed by atoms with Crippen LogP contribution in [0.2, 0.25) is 0 Å². The molecule has 0 bridgehead atoms. The number of hydrogen-bond acceptors (Lipinski definition) is 2. The number of rotatable bonds is 6. The number of para-hydroxylation sites is 3. The lowest BCUT2D eigenvalue weighted by Crippen LogP contribution is -2.03. The van der Waals surface area contributed by atoms with Gasteiger partial charge in [-0.2, -0.15) is 0 Å². The fourth-order valence-corrected chi connectivity index (χ4v) is 8.33. The standard InChI is InChI=1S/C52H34N4/c1-4-14-35(15-5-1)36-24-26-37(27-25-36)38-28-30-40(31-29-38)52-53-45(39-16-6-2-7-17-39)34-49(54-52)56-46-22-12-10-20-42(46)43-32-33-48-50(51(43)56)44-21-11-13-23-47(44)55(48)41-18-8-3-9-19-41/h1-34H. The summed E-state index contributed by atoms with van der Waals surface area (Å²) in [6, 6.07) is 73.1. The zero-order valence-corrected chi connectivity index (χ0v) is 30.4. The molecule has 56 heavy (non-hydrogen) atoms. The van der Waals surface area contributed by atoms with E-state index in [1.807, 2.05) is 6.07 Å². The van der Waals surface area contributed by atoms with Crippen LogP contribution in [0.1, 0.15) is 0 Å². The molecule has 0 aliphatic rings. The minimum Gasteiger partial charge on any atom is -0.309 e. The number of nitrogens with zero attached hydrogens (tertiary/aromatic N) is 4. The second-order valence-corrected chi connectivity index (χ2v) is 14.2. The molecule has 0 fully saturated rings. The summed E-state index contributed by atoms with van der Waals surface area (Å²) in [5.41, 5.74) is 13.3. The van der Waals surface area contributed by atoms with Gasteiger partial charge in [0, 0.05) is 44.4 Å². The zero-order chi connectivity index (χ0) is 37.0. The molecule has 0 spiro atoms. The molecule has 4 heteroatoms. The summed E-state index contributed by atoms with van der Waals surface area (Å²) in [7, 11) is 0. The Hall–Kier alpha value is -7.56. The van der Waals surface area contributed by atoms with Crippen molar-refractivity contribution in [3.8, 4) is 56.4 Å². The number of aromatic nitrogens is 4. The zero-order valence-electron chi connectivity index (χ0n) is 30.4. The van der Waals surface area contributed by atoms with E-state index < -0.39 is 0 Å². The van der Waals surface area contributed by atoms with Crippen LogP contribution in [0.25, 0.3) is 100 Å². The monoisotopic (exact) mass is 714 g/mol. The molecule has 0 radical (unpaired) electrons. The minimum absolute atomic E-state index is 0.678. The maximum absolute atomic E-state index is 5.42.